The molecule has 14 nitrogen and oxygen atoms in total. The van der Waals surface area contributed by atoms with Crippen molar-refractivity contribution in [1.82, 2.24) is 0 Å². The highest BCUT2D eigenvalue weighted by molar-refractivity contribution is 9.18. The van der Waals surface area contributed by atoms with Gasteiger partial charge in [0.15, 0.2) is 6.10 Å². The van der Waals surface area contributed by atoms with Gasteiger partial charge in [-0.15, -0.1) is 0 Å². The standard InChI is InChI=1S/C6H11BrO6.4C2H4O2/c7-6(13)5(12)4(11)3(10)2(9)1-8;4*1-2(3)4/h2-5,8-12H,1H2;4*1H3,(H,3,4). The zero-order chi connectivity index (χ0) is 24.9. The van der Waals surface area contributed by atoms with Crippen LogP contribution in [-0.2, 0) is 24.0 Å². The number of carbonyl (C=O) groups excluding carboxylic acids is 1. The van der Waals surface area contributed by atoms with Crippen molar-refractivity contribution >= 4 is 44.5 Å². The number of aliphatic hydroxyl groups is 5. The first-order chi connectivity index (χ1) is 12.8. The fourth-order valence-corrected chi connectivity index (χ4v) is 0.927. The van der Waals surface area contributed by atoms with Gasteiger partial charge in [0.1, 0.15) is 18.3 Å². The monoisotopic (exact) mass is 498 g/mol. The molecule has 0 aromatic heterocycles. The van der Waals surface area contributed by atoms with E-state index < -0.39 is 59.6 Å². The molecule has 0 aliphatic heterocycles. The molecule has 0 bridgehead atoms. The highest BCUT2D eigenvalue weighted by atomic mass is 79.9. The molecule has 0 rings (SSSR count). The molecule has 0 radical (unpaired) electrons. The molecule has 0 aliphatic carbocycles. The van der Waals surface area contributed by atoms with Gasteiger partial charge in [0.2, 0.25) is 4.69 Å². The quantitative estimate of drug-likeness (QED) is 0.180. The number of carboxylic acid groups (broad SMARTS) is 4. The van der Waals surface area contributed by atoms with Crippen molar-refractivity contribution in [2.45, 2.75) is 52.1 Å². The second kappa shape index (κ2) is 23.9. The summed E-state index contributed by atoms with van der Waals surface area (Å²) in [5.41, 5.74) is 0. The van der Waals surface area contributed by atoms with Gasteiger partial charge in [-0.25, -0.2) is 0 Å². The summed E-state index contributed by atoms with van der Waals surface area (Å²) in [6.45, 7) is 3.56. The van der Waals surface area contributed by atoms with E-state index in [9.17, 15) is 4.79 Å². The summed E-state index contributed by atoms with van der Waals surface area (Å²) < 4.78 is -0.913. The van der Waals surface area contributed by atoms with Crippen LogP contribution in [0.4, 0.5) is 0 Å². The number of carbonyl (C=O) groups is 5. The van der Waals surface area contributed by atoms with Gasteiger partial charge in [0, 0.05) is 27.7 Å². The van der Waals surface area contributed by atoms with Gasteiger partial charge in [-0.2, -0.15) is 0 Å². The number of aliphatic hydroxyl groups excluding tert-OH is 5. The largest absolute Gasteiger partial charge is 0.481 e. The highest BCUT2D eigenvalue weighted by Gasteiger charge is 2.32. The van der Waals surface area contributed by atoms with E-state index in [2.05, 4.69) is 15.9 Å². The van der Waals surface area contributed by atoms with E-state index in [0.717, 1.165) is 27.7 Å². The molecule has 0 heterocycles. The Bertz CT molecular complexity index is 417. The van der Waals surface area contributed by atoms with Gasteiger partial charge < -0.3 is 46.0 Å². The molecular weight excluding hydrogens is 472 g/mol. The van der Waals surface area contributed by atoms with Crippen LogP contribution in [0.25, 0.3) is 0 Å². The number of hydrogen-bond acceptors (Lipinski definition) is 10. The third kappa shape index (κ3) is 58.5. The lowest BCUT2D eigenvalue weighted by atomic mass is 10.0. The average molecular weight is 499 g/mol. The summed E-state index contributed by atoms with van der Waals surface area (Å²) in [6.07, 6.45) is -7.05. The third-order valence-corrected chi connectivity index (χ3v) is 1.96. The van der Waals surface area contributed by atoms with Crippen LogP contribution >= 0.6 is 15.9 Å². The summed E-state index contributed by atoms with van der Waals surface area (Å²) in [4.78, 5) is 46.5. The summed E-state index contributed by atoms with van der Waals surface area (Å²) in [5.74, 6) is -3.33. The molecule has 4 atom stereocenters. The van der Waals surface area contributed by atoms with Crippen LogP contribution in [-0.4, -0.2) is 106 Å². The van der Waals surface area contributed by atoms with E-state index in [4.69, 9.17) is 65.1 Å². The molecule has 0 aliphatic rings. The molecule has 0 spiro atoms. The molecule has 0 amide bonds. The van der Waals surface area contributed by atoms with Gasteiger partial charge in [0.25, 0.3) is 23.9 Å². The van der Waals surface area contributed by atoms with Crippen molar-refractivity contribution in [2.24, 2.45) is 0 Å². The SMILES string of the molecule is CC(=O)O.CC(=O)O.CC(=O)O.CC(=O)O.O=C(Br)C(O)C(O)C(O)C(O)CO. The van der Waals surface area contributed by atoms with Crippen LogP contribution < -0.4 is 0 Å². The maximum Gasteiger partial charge on any atom is 0.300 e. The number of hydrogen-bond donors (Lipinski definition) is 9. The van der Waals surface area contributed by atoms with E-state index in [1.165, 1.54) is 0 Å². The molecule has 0 aromatic rings. The molecule has 9 N–H and O–H groups in total. The smallest absolute Gasteiger partial charge is 0.300 e. The Kier molecular flexibility index (Phi) is 30.9. The van der Waals surface area contributed by atoms with Crippen molar-refractivity contribution in [1.29, 1.82) is 0 Å². The predicted octanol–water partition coefficient (Wildman–Crippen LogP) is -2.29. The topological polar surface area (TPSA) is 267 Å². The normalized spacial score (nSPS) is 12.6. The summed E-state index contributed by atoms with van der Waals surface area (Å²) in [7, 11) is 0. The molecular formula is C14H27BrO14. The zero-order valence-electron chi connectivity index (χ0n) is 16.0. The maximum atomic E-state index is 10.5. The Morgan fingerprint density at radius 1 is 0.655 bits per heavy atom. The lowest BCUT2D eigenvalue weighted by molar-refractivity contribution is -0.138. The van der Waals surface area contributed by atoms with Gasteiger partial charge in [-0.1, -0.05) is 0 Å². The zero-order valence-corrected chi connectivity index (χ0v) is 17.5. The first kappa shape index (κ1) is 37.6. The molecule has 174 valence electrons. The molecule has 15 heteroatoms. The van der Waals surface area contributed by atoms with Crippen molar-refractivity contribution < 1.29 is 69.9 Å². The average Bonchev–Trinajstić information content (AvgIpc) is 2.49. The van der Waals surface area contributed by atoms with Crippen LogP contribution in [0.5, 0.6) is 0 Å². The summed E-state index contributed by atoms with van der Waals surface area (Å²) in [6, 6.07) is 0. The molecule has 0 saturated heterocycles. The highest BCUT2D eigenvalue weighted by Crippen LogP contribution is 2.08. The maximum absolute atomic E-state index is 10.5. The van der Waals surface area contributed by atoms with E-state index in [0.29, 0.717) is 0 Å². The van der Waals surface area contributed by atoms with Gasteiger partial charge >= 0.3 is 0 Å². The molecule has 0 fully saturated rings. The van der Waals surface area contributed by atoms with Crippen LogP contribution in [0.1, 0.15) is 27.7 Å². The fraction of sp³-hybridized carbons (Fsp3) is 0.643. The minimum absolute atomic E-state index is 0.776. The first-order valence-electron chi connectivity index (χ1n) is 7.15. The molecule has 0 aromatic carbocycles. The second-order valence-electron chi connectivity index (χ2n) is 4.56. The fourth-order valence-electron chi connectivity index (χ4n) is 0.657. The van der Waals surface area contributed by atoms with E-state index in [1.807, 2.05) is 0 Å². The van der Waals surface area contributed by atoms with E-state index >= 15 is 0 Å². The number of carboxylic acids is 4. The van der Waals surface area contributed by atoms with E-state index in [-0.39, 0.29) is 0 Å². The first-order valence-corrected chi connectivity index (χ1v) is 7.94. The Morgan fingerprint density at radius 3 is 1.00 bits per heavy atom. The van der Waals surface area contributed by atoms with E-state index in [1.54, 1.807) is 0 Å². The Hall–Kier alpha value is -2.17. The Labute approximate surface area is 173 Å². The van der Waals surface area contributed by atoms with Crippen molar-refractivity contribution in [3.8, 4) is 0 Å². The molecule has 29 heavy (non-hydrogen) atoms. The summed E-state index contributed by atoms with van der Waals surface area (Å²) in [5, 5.41) is 73.8. The van der Waals surface area contributed by atoms with Crippen molar-refractivity contribution in [2.75, 3.05) is 6.61 Å². The van der Waals surface area contributed by atoms with Crippen LogP contribution in [0.15, 0.2) is 0 Å². The van der Waals surface area contributed by atoms with Crippen LogP contribution in [0.3, 0.4) is 0 Å². The molecule has 4 unspecified atom stereocenters. The minimum atomic E-state index is -1.84. The van der Waals surface area contributed by atoms with Crippen LogP contribution in [0, 0.1) is 0 Å². The van der Waals surface area contributed by atoms with Gasteiger partial charge in [-0.05, 0) is 15.9 Å². The minimum Gasteiger partial charge on any atom is -0.481 e. The number of rotatable bonds is 5. The third-order valence-electron chi connectivity index (χ3n) is 1.49. The van der Waals surface area contributed by atoms with Crippen molar-refractivity contribution in [3.05, 3.63) is 0 Å². The number of aliphatic carboxylic acids is 4. The lowest BCUT2D eigenvalue weighted by Gasteiger charge is -2.23. The lowest BCUT2D eigenvalue weighted by Crippen LogP contribution is -2.47. The molecule has 0 saturated carbocycles. The Balaban J connectivity index is -0.0000000984. The second-order valence-corrected chi connectivity index (χ2v) is 5.34. The predicted molar refractivity (Wildman–Crippen MR) is 98.3 cm³/mol. The Morgan fingerprint density at radius 2 is 0.862 bits per heavy atom. The van der Waals surface area contributed by atoms with Crippen LogP contribution in [0.2, 0.25) is 0 Å². The number of halogens is 1. The van der Waals surface area contributed by atoms with Gasteiger partial charge in [-0.3, -0.25) is 24.0 Å². The van der Waals surface area contributed by atoms with Crippen molar-refractivity contribution in [3.63, 3.8) is 0 Å². The van der Waals surface area contributed by atoms with Gasteiger partial charge in [0.05, 0.1) is 6.61 Å². The summed E-state index contributed by atoms with van der Waals surface area (Å²) >= 11 is 2.38.